The summed E-state index contributed by atoms with van der Waals surface area (Å²) in [6.07, 6.45) is -3.56. The maximum Gasteiger partial charge on any atom is 0.416 e. The number of aromatic nitrogens is 1. The molecule has 1 heterocycles. The van der Waals surface area contributed by atoms with Gasteiger partial charge in [-0.15, -0.1) is 0 Å². The summed E-state index contributed by atoms with van der Waals surface area (Å²) < 4.78 is 38.9. The lowest BCUT2D eigenvalue weighted by Gasteiger charge is -2.29. The molecule has 0 saturated carbocycles. The second kappa shape index (κ2) is 6.54. The Labute approximate surface area is 124 Å². The third kappa shape index (κ3) is 5.44. The number of halogens is 3. The highest BCUT2D eigenvalue weighted by Gasteiger charge is 2.32. The molecule has 2 N–H and O–H groups in total. The van der Waals surface area contributed by atoms with Gasteiger partial charge in [0.1, 0.15) is 11.6 Å². The number of anilines is 2. The van der Waals surface area contributed by atoms with Crippen molar-refractivity contribution in [2.75, 3.05) is 17.2 Å². The summed E-state index contributed by atoms with van der Waals surface area (Å²) in [5, 5.41) is 5.97. The fourth-order valence-electron chi connectivity index (χ4n) is 1.55. The first kappa shape index (κ1) is 17.6. The second-order valence-electron chi connectivity index (χ2n) is 6.28. The van der Waals surface area contributed by atoms with Gasteiger partial charge in [0.15, 0.2) is 0 Å². The maximum atomic E-state index is 13.0. The first-order valence-electron chi connectivity index (χ1n) is 7.13. The van der Waals surface area contributed by atoms with E-state index in [1.165, 1.54) is 0 Å². The molecule has 1 rings (SSSR count). The van der Waals surface area contributed by atoms with Gasteiger partial charge in [-0.2, -0.15) is 13.2 Å². The van der Waals surface area contributed by atoms with Crippen molar-refractivity contribution in [2.24, 2.45) is 5.41 Å². The van der Waals surface area contributed by atoms with Crippen LogP contribution in [0.2, 0.25) is 0 Å². The van der Waals surface area contributed by atoms with E-state index in [0.717, 1.165) is 18.6 Å². The van der Waals surface area contributed by atoms with Crippen molar-refractivity contribution >= 4 is 11.6 Å². The predicted molar refractivity (Wildman–Crippen MR) is 80.6 cm³/mol. The van der Waals surface area contributed by atoms with Crippen LogP contribution in [0.4, 0.5) is 24.8 Å². The molecule has 3 nitrogen and oxygen atoms in total. The zero-order valence-electron chi connectivity index (χ0n) is 13.2. The lowest BCUT2D eigenvalue weighted by molar-refractivity contribution is -0.137. The summed E-state index contributed by atoms with van der Waals surface area (Å²) in [5.74, 6) is 0.487. The minimum atomic E-state index is -4.38. The molecular formula is C15H24F3N3. The SMILES string of the molecule is CCCNc1cc(C(F)(F)F)cc(NC(C)C(C)(C)C)n1. The van der Waals surface area contributed by atoms with Crippen LogP contribution < -0.4 is 10.6 Å². The molecule has 0 amide bonds. The normalized spacial score (nSPS) is 13.9. The summed E-state index contributed by atoms with van der Waals surface area (Å²) in [6.45, 7) is 10.5. The Morgan fingerprint density at radius 3 is 2.19 bits per heavy atom. The third-order valence-corrected chi connectivity index (χ3v) is 3.37. The molecular weight excluding hydrogens is 279 g/mol. The molecule has 0 aliphatic heterocycles. The Balaban J connectivity index is 3.07. The van der Waals surface area contributed by atoms with Gasteiger partial charge in [0, 0.05) is 12.6 Å². The molecule has 1 aromatic heterocycles. The fraction of sp³-hybridized carbons (Fsp3) is 0.667. The molecule has 6 heteroatoms. The third-order valence-electron chi connectivity index (χ3n) is 3.37. The first-order chi connectivity index (χ1) is 9.54. The summed E-state index contributed by atoms with van der Waals surface area (Å²) in [6, 6.07) is 2.09. The minimum absolute atomic E-state index is 0.00694. The van der Waals surface area contributed by atoms with Gasteiger partial charge >= 0.3 is 6.18 Å². The van der Waals surface area contributed by atoms with Crippen molar-refractivity contribution in [1.29, 1.82) is 0 Å². The van der Waals surface area contributed by atoms with E-state index in [9.17, 15) is 13.2 Å². The molecule has 0 spiro atoms. The van der Waals surface area contributed by atoms with Crippen LogP contribution >= 0.6 is 0 Å². The number of hydrogen-bond donors (Lipinski definition) is 2. The monoisotopic (exact) mass is 303 g/mol. The van der Waals surface area contributed by atoms with Crippen LogP contribution in [0.5, 0.6) is 0 Å². The summed E-state index contributed by atoms with van der Waals surface area (Å²) >= 11 is 0. The van der Waals surface area contributed by atoms with Gasteiger partial charge in [-0.25, -0.2) is 4.98 Å². The van der Waals surface area contributed by atoms with Crippen LogP contribution in [-0.2, 0) is 6.18 Å². The molecule has 0 bridgehead atoms. The van der Waals surface area contributed by atoms with Crippen molar-refractivity contribution in [1.82, 2.24) is 4.98 Å². The summed E-state index contributed by atoms with van der Waals surface area (Å²) in [4.78, 5) is 4.22. The molecule has 1 unspecified atom stereocenters. The molecule has 21 heavy (non-hydrogen) atoms. The average molecular weight is 303 g/mol. The molecule has 120 valence electrons. The summed E-state index contributed by atoms with van der Waals surface area (Å²) in [5.41, 5.74) is -0.771. The molecule has 0 saturated heterocycles. The number of nitrogens with zero attached hydrogens (tertiary/aromatic N) is 1. The van der Waals surface area contributed by atoms with E-state index >= 15 is 0 Å². The lowest BCUT2D eigenvalue weighted by Crippen LogP contribution is -2.31. The van der Waals surface area contributed by atoms with Gasteiger partial charge in [-0.1, -0.05) is 27.7 Å². The Morgan fingerprint density at radius 1 is 1.14 bits per heavy atom. The fourth-order valence-corrected chi connectivity index (χ4v) is 1.55. The van der Waals surface area contributed by atoms with Gasteiger partial charge in [0.05, 0.1) is 5.56 Å². The van der Waals surface area contributed by atoms with Crippen LogP contribution in [-0.4, -0.2) is 17.6 Å². The van der Waals surface area contributed by atoms with Gasteiger partial charge in [0.25, 0.3) is 0 Å². The van der Waals surface area contributed by atoms with Crippen LogP contribution in [0.3, 0.4) is 0 Å². The van der Waals surface area contributed by atoms with Gasteiger partial charge in [-0.05, 0) is 30.9 Å². The highest BCUT2D eigenvalue weighted by atomic mass is 19.4. The molecule has 0 aliphatic rings. The van der Waals surface area contributed by atoms with Crippen molar-refractivity contribution in [2.45, 2.75) is 53.3 Å². The van der Waals surface area contributed by atoms with Crippen molar-refractivity contribution in [3.63, 3.8) is 0 Å². The van der Waals surface area contributed by atoms with Crippen LogP contribution in [0, 0.1) is 5.41 Å². The highest BCUT2D eigenvalue weighted by Crippen LogP contribution is 2.33. The van der Waals surface area contributed by atoms with E-state index in [2.05, 4.69) is 15.6 Å². The van der Waals surface area contributed by atoms with E-state index < -0.39 is 11.7 Å². The second-order valence-corrected chi connectivity index (χ2v) is 6.28. The number of hydrogen-bond acceptors (Lipinski definition) is 3. The zero-order valence-corrected chi connectivity index (χ0v) is 13.2. The molecule has 0 aliphatic carbocycles. The van der Waals surface area contributed by atoms with E-state index in [-0.39, 0.29) is 23.1 Å². The quantitative estimate of drug-likeness (QED) is 0.822. The minimum Gasteiger partial charge on any atom is -0.370 e. The lowest BCUT2D eigenvalue weighted by atomic mass is 9.88. The van der Waals surface area contributed by atoms with E-state index in [1.807, 2.05) is 34.6 Å². The Hall–Kier alpha value is -1.46. The first-order valence-corrected chi connectivity index (χ1v) is 7.13. The van der Waals surface area contributed by atoms with Crippen molar-refractivity contribution < 1.29 is 13.2 Å². The zero-order chi connectivity index (χ0) is 16.3. The highest BCUT2D eigenvalue weighted by molar-refractivity contribution is 5.50. The number of alkyl halides is 3. The molecule has 0 radical (unpaired) electrons. The number of nitrogens with one attached hydrogen (secondary N) is 2. The van der Waals surface area contributed by atoms with E-state index in [0.29, 0.717) is 6.54 Å². The molecule has 0 aromatic carbocycles. The Morgan fingerprint density at radius 2 is 1.71 bits per heavy atom. The topological polar surface area (TPSA) is 37.0 Å². The predicted octanol–water partition coefficient (Wildman–Crippen LogP) is 4.77. The van der Waals surface area contributed by atoms with Crippen LogP contribution in [0.25, 0.3) is 0 Å². The van der Waals surface area contributed by atoms with E-state index in [1.54, 1.807) is 0 Å². The van der Waals surface area contributed by atoms with Crippen molar-refractivity contribution in [3.8, 4) is 0 Å². The van der Waals surface area contributed by atoms with Crippen LogP contribution in [0.1, 0.15) is 46.6 Å². The maximum absolute atomic E-state index is 13.0. The van der Waals surface area contributed by atoms with Gasteiger partial charge in [0.2, 0.25) is 0 Å². The smallest absolute Gasteiger partial charge is 0.370 e. The standard InChI is InChI=1S/C15H24F3N3/c1-6-7-19-12-8-11(15(16,17)18)9-13(21-12)20-10(2)14(3,4)5/h8-10H,6-7H2,1-5H3,(H2,19,20,21). The Bertz CT molecular complexity index is 464. The largest absolute Gasteiger partial charge is 0.416 e. The van der Waals surface area contributed by atoms with Crippen LogP contribution in [0.15, 0.2) is 12.1 Å². The number of rotatable bonds is 5. The average Bonchev–Trinajstić information content (AvgIpc) is 2.34. The molecule has 1 atom stereocenters. The van der Waals surface area contributed by atoms with Crippen molar-refractivity contribution in [3.05, 3.63) is 17.7 Å². The van der Waals surface area contributed by atoms with Gasteiger partial charge in [-0.3, -0.25) is 0 Å². The Kier molecular flexibility index (Phi) is 5.48. The number of pyridine rings is 1. The van der Waals surface area contributed by atoms with Gasteiger partial charge < -0.3 is 10.6 Å². The summed E-state index contributed by atoms with van der Waals surface area (Å²) in [7, 11) is 0. The molecule has 1 aromatic rings. The molecule has 0 fully saturated rings. The van der Waals surface area contributed by atoms with E-state index in [4.69, 9.17) is 0 Å².